The van der Waals surface area contributed by atoms with Crippen molar-refractivity contribution in [2.24, 2.45) is 0 Å². The van der Waals surface area contributed by atoms with E-state index in [4.69, 9.17) is 0 Å². The van der Waals surface area contributed by atoms with Crippen LogP contribution in [0.3, 0.4) is 0 Å². The molecule has 1 N–H and O–H groups in total. The van der Waals surface area contributed by atoms with Gasteiger partial charge in [0.15, 0.2) is 0 Å². The summed E-state index contributed by atoms with van der Waals surface area (Å²) in [4.78, 5) is 18.2. The number of imidazole rings is 1. The van der Waals surface area contributed by atoms with E-state index in [-0.39, 0.29) is 11.3 Å². The van der Waals surface area contributed by atoms with Crippen molar-refractivity contribution in [1.82, 2.24) is 14.9 Å². The van der Waals surface area contributed by atoms with E-state index in [0.29, 0.717) is 0 Å². The average molecular weight is 331 g/mol. The summed E-state index contributed by atoms with van der Waals surface area (Å²) in [5, 5.41) is 5.29. The van der Waals surface area contributed by atoms with Crippen molar-refractivity contribution in [3.8, 4) is 0 Å². The van der Waals surface area contributed by atoms with Gasteiger partial charge in [-0.05, 0) is 37.1 Å². The fourth-order valence-corrected chi connectivity index (χ4v) is 4.48. The molecule has 23 heavy (non-hydrogen) atoms. The van der Waals surface area contributed by atoms with Crippen LogP contribution in [0, 0.1) is 0 Å². The van der Waals surface area contributed by atoms with Gasteiger partial charge >= 0.3 is 0 Å². The number of carbonyl (C=O) groups is 1. The van der Waals surface area contributed by atoms with Gasteiger partial charge < -0.3 is 9.88 Å². The predicted molar refractivity (Wildman–Crippen MR) is 93.6 cm³/mol. The Labute approximate surface area is 141 Å². The highest BCUT2D eigenvalue weighted by Crippen LogP contribution is 2.41. The van der Waals surface area contributed by atoms with Crippen LogP contribution in [0.2, 0.25) is 0 Å². The summed E-state index contributed by atoms with van der Waals surface area (Å²) in [6.45, 7) is 1.73. The van der Waals surface area contributed by atoms with Gasteiger partial charge in [0.1, 0.15) is 0 Å². The van der Waals surface area contributed by atoms with Gasteiger partial charge in [0.2, 0.25) is 5.91 Å². The van der Waals surface area contributed by atoms with E-state index in [1.54, 1.807) is 17.5 Å². The van der Waals surface area contributed by atoms with Crippen LogP contribution in [0.25, 0.3) is 0 Å². The van der Waals surface area contributed by atoms with Gasteiger partial charge in [0, 0.05) is 30.4 Å². The maximum atomic E-state index is 12.9. The van der Waals surface area contributed by atoms with Crippen LogP contribution in [-0.2, 0) is 16.8 Å². The largest absolute Gasteiger partial charge is 0.355 e. The molecule has 2 aromatic rings. The summed E-state index contributed by atoms with van der Waals surface area (Å²) < 4.78 is 2.08. The number of amides is 1. The summed E-state index contributed by atoms with van der Waals surface area (Å²) in [7, 11) is 0. The van der Waals surface area contributed by atoms with Gasteiger partial charge in [-0.15, -0.1) is 11.3 Å². The molecule has 0 aromatic carbocycles. The fourth-order valence-electron chi connectivity index (χ4n) is 3.50. The Hall–Kier alpha value is -1.62. The van der Waals surface area contributed by atoms with Crippen LogP contribution in [-0.4, -0.2) is 22.0 Å². The minimum atomic E-state index is -0.267. The Balaban J connectivity index is 1.50. The highest BCUT2D eigenvalue weighted by Gasteiger charge is 2.41. The zero-order valence-corrected chi connectivity index (χ0v) is 14.4. The highest BCUT2D eigenvalue weighted by atomic mass is 32.1. The highest BCUT2D eigenvalue weighted by molar-refractivity contribution is 7.10. The second-order valence-electron chi connectivity index (χ2n) is 6.38. The van der Waals surface area contributed by atoms with Gasteiger partial charge in [-0.2, -0.15) is 0 Å². The smallest absolute Gasteiger partial charge is 0.231 e. The van der Waals surface area contributed by atoms with Crippen LogP contribution in [0.5, 0.6) is 0 Å². The van der Waals surface area contributed by atoms with Crippen molar-refractivity contribution in [3.63, 3.8) is 0 Å². The molecular weight excluding hydrogens is 306 g/mol. The lowest BCUT2D eigenvalue weighted by Crippen LogP contribution is -2.45. The maximum Gasteiger partial charge on any atom is 0.231 e. The van der Waals surface area contributed by atoms with Crippen molar-refractivity contribution in [1.29, 1.82) is 0 Å². The second kappa shape index (κ2) is 7.77. The molecule has 1 saturated carbocycles. The Morgan fingerprint density at radius 1 is 1.30 bits per heavy atom. The standard InChI is InChI=1S/C18H25N3OS/c22-17(20-10-4-5-12-21-13-11-19-15-21)18(8-2-1-3-9-18)16-7-6-14-23-16/h6-7,11,13-15H,1-5,8-10,12H2,(H,20,22). The van der Waals surface area contributed by atoms with Crippen LogP contribution >= 0.6 is 11.3 Å². The molecule has 0 aliphatic heterocycles. The summed E-state index contributed by atoms with van der Waals surface area (Å²) in [6, 6.07) is 4.20. The van der Waals surface area contributed by atoms with E-state index in [9.17, 15) is 4.79 Å². The Morgan fingerprint density at radius 2 is 2.17 bits per heavy atom. The van der Waals surface area contributed by atoms with Gasteiger partial charge in [0.05, 0.1) is 11.7 Å². The molecule has 1 fully saturated rings. The molecule has 3 rings (SSSR count). The van der Waals surface area contributed by atoms with Gasteiger partial charge in [0.25, 0.3) is 0 Å². The van der Waals surface area contributed by atoms with Crippen LogP contribution in [0.1, 0.15) is 49.8 Å². The van der Waals surface area contributed by atoms with Crippen molar-refractivity contribution in [2.45, 2.75) is 56.9 Å². The molecule has 0 unspecified atom stereocenters. The number of nitrogens with zero attached hydrogens (tertiary/aromatic N) is 2. The van der Waals surface area contributed by atoms with Crippen LogP contribution < -0.4 is 5.32 Å². The first-order valence-corrected chi connectivity index (χ1v) is 9.47. The van der Waals surface area contributed by atoms with Gasteiger partial charge in [-0.25, -0.2) is 4.98 Å². The van der Waals surface area contributed by atoms with E-state index >= 15 is 0 Å². The number of hydrogen-bond donors (Lipinski definition) is 1. The molecule has 124 valence electrons. The van der Waals surface area contributed by atoms with Gasteiger partial charge in [-0.3, -0.25) is 4.79 Å². The summed E-state index contributed by atoms with van der Waals surface area (Å²) in [6.07, 6.45) is 13.2. The van der Waals surface area contributed by atoms with Crippen molar-refractivity contribution in [2.75, 3.05) is 6.54 Å². The average Bonchev–Trinajstić information content (AvgIpc) is 3.29. The number of aryl methyl sites for hydroxylation is 1. The Kier molecular flexibility index (Phi) is 5.49. The topological polar surface area (TPSA) is 46.9 Å². The molecule has 5 heteroatoms. The van der Waals surface area contributed by atoms with Crippen LogP contribution in [0.4, 0.5) is 0 Å². The Morgan fingerprint density at radius 3 is 2.87 bits per heavy atom. The maximum absolute atomic E-state index is 12.9. The lowest BCUT2D eigenvalue weighted by molar-refractivity contribution is -0.127. The third kappa shape index (κ3) is 3.83. The quantitative estimate of drug-likeness (QED) is 0.786. The van der Waals surface area contributed by atoms with E-state index in [0.717, 1.165) is 51.6 Å². The second-order valence-corrected chi connectivity index (χ2v) is 7.33. The molecule has 0 spiro atoms. The molecule has 1 amide bonds. The number of nitrogens with one attached hydrogen (secondary N) is 1. The zero-order chi connectivity index (χ0) is 16.0. The minimum Gasteiger partial charge on any atom is -0.355 e. The molecule has 4 nitrogen and oxygen atoms in total. The molecular formula is C18H25N3OS. The first-order chi connectivity index (χ1) is 11.3. The van der Waals surface area contributed by atoms with Crippen LogP contribution in [0.15, 0.2) is 36.2 Å². The van der Waals surface area contributed by atoms with Crippen molar-refractivity contribution in [3.05, 3.63) is 41.1 Å². The third-order valence-corrected chi connectivity index (χ3v) is 5.90. The fraction of sp³-hybridized carbons (Fsp3) is 0.556. The predicted octanol–water partition coefficient (Wildman–Crippen LogP) is 3.74. The lowest BCUT2D eigenvalue weighted by Gasteiger charge is -2.35. The third-order valence-electron chi connectivity index (χ3n) is 4.82. The minimum absolute atomic E-state index is 0.238. The first kappa shape index (κ1) is 16.2. The Bertz CT molecular complexity index is 586. The zero-order valence-electron chi connectivity index (χ0n) is 13.5. The number of rotatable bonds is 7. The lowest BCUT2D eigenvalue weighted by atomic mass is 9.72. The van der Waals surface area contributed by atoms with E-state index in [2.05, 4.69) is 32.4 Å². The number of hydrogen-bond acceptors (Lipinski definition) is 3. The first-order valence-electron chi connectivity index (χ1n) is 8.59. The number of unbranched alkanes of at least 4 members (excludes halogenated alkanes) is 1. The number of carbonyl (C=O) groups excluding carboxylic acids is 1. The molecule has 0 saturated heterocycles. The molecule has 0 radical (unpaired) electrons. The molecule has 0 atom stereocenters. The monoisotopic (exact) mass is 331 g/mol. The number of aromatic nitrogens is 2. The summed E-state index contributed by atoms with van der Waals surface area (Å²) in [5.41, 5.74) is -0.267. The van der Waals surface area contributed by atoms with E-state index in [1.807, 2.05) is 12.5 Å². The van der Waals surface area contributed by atoms with E-state index < -0.39 is 0 Å². The molecule has 2 aromatic heterocycles. The number of thiophene rings is 1. The SMILES string of the molecule is O=C(NCCCCn1ccnc1)C1(c2cccs2)CCCCC1. The molecule has 1 aliphatic carbocycles. The van der Waals surface area contributed by atoms with Crippen molar-refractivity contribution < 1.29 is 4.79 Å². The molecule has 0 bridgehead atoms. The summed E-state index contributed by atoms with van der Waals surface area (Å²) in [5.74, 6) is 0.238. The molecule has 2 heterocycles. The van der Waals surface area contributed by atoms with E-state index in [1.165, 1.54) is 11.3 Å². The molecule has 1 aliphatic rings. The normalized spacial score (nSPS) is 17.0. The van der Waals surface area contributed by atoms with Crippen molar-refractivity contribution >= 4 is 17.2 Å². The van der Waals surface area contributed by atoms with Gasteiger partial charge in [-0.1, -0.05) is 25.3 Å². The summed E-state index contributed by atoms with van der Waals surface area (Å²) >= 11 is 1.73.